The maximum atomic E-state index is 12.1. The summed E-state index contributed by atoms with van der Waals surface area (Å²) in [6.45, 7) is 4.81. The standard InChI is InChI=1S/C13H19N3O4S/c1-3-19-12(18)11-14-15-13(20-11)21-8-10(17)16-7-5-4-6-9(16)2/h9H,3-8H2,1-2H3. The van der Waals surface area contributed by atoms with Gasteiger partial charge in [-0.25, -0.2) is 4.79 Å². The van der Waals surface area contributed by atoms with Crippen LogP contribution in [0.2, 0.25) is 0 Å². The quantitative estimate of drug-likeness (QED) is 0.604. The minimum atomic E-state index is -0.646. The topological polar surface area (TPSA) is 85.5 Å². The van der Waals surface area contributed by atoms with Gasteiger partial charge in [0, 0.05) is 12.6 Å². The van der Waals surface area contributed by atoms with Crippen molar-refractivity contribution in [3.8, 4) is 0 Å². The molecule has 1 atom stereocenters. The second-order valence-electron chi connectivity index (χ2n) is 4.81. The first-order valence-corrected chi connectivity index (χ1v) is 8.03. The summed E-state index contributed by atoms with van der Waals surface area (Å²) < 4.78 is 9.91. The van der Waals surface area contributed by atoms with Crippen molar-refractivity contribution in [2.75, 3.05) is 18.9 Å². The first-order valence-electron chi connectivity index (χ1n) is 7.04. The van der Waals surface area contributed by atoms with Crippen molar-refractivity contribution in [1.82, 2.24) is 15.1 Å². The summed E-state index contributed by atoms with van der Waals surface area (Å²) in [6.07, 6.45) is 3.27. The second-order valence-corrected chi connectivity index (χ2v) is 5.74. The maximum absolute atomic E-state index is 12.1. The van der Waals surface area contributed by atoms with Crippen molar-refractivity contribution in [3.63, 3.8) is 0 Å². The Morgan fingerprint density at radius 1 is 1.43 bits per heavy atom. The van der Waals surface area contributed by atoms with E-state index in [1.54, 1.807) is 6.92 Å². The highest BCUT2D eigenvalue weighted by atomic mass is 32.2. The summed E-state index contributed by atoms with van der Waals surface area (Å²) >= 11 is 1.14. The molecule has 1 aromatic heterocycles. The van der Waals surface area contributed by atoms with Crippen LogP contribution in [0.1, 0.15) is 43.8 Å². The highest BCUT2D eigenvalue weighted by molar-refractivity contribution is 7.99. The summed E-state index contributed by atoms with van der Waals surface area (Å²) in [5, 5.41) is 7.54. The molecule has 1 unspecified atom stereocenters. The van der Waals surface area contributed by atoms with Gasteiger partial charge in [-0.3, -0.25) is 4.79 Å². The maximum Gasteiger partial charge on any atom is 0.396 e. The van der Waals surface area contributed by atoms with E-state index in [2.05, 4.69) is 17.1 Å². The number of hydrogen-bond acceptors (Lipinski definition) is 7. The summed E-state index contributed by atoms with van der Waals surface area (Å²) in [7, 11) is 0. The molecule has 0 spiro atoms. The van der Waals surface area contributed by atoms with Crippen LogP contribution in [0.5, 0.6) is 0 Å². The number of rotatable bonds is 5. The lowest BCUT2D eigenvalue weighted by Gasteiger charge is -2.33. The van der Waals surface area contributed by atoms with Crippen molar-refractivity contribution >= 4 is 23.6 Å². The molecule has 0 saturated carbocycles. The SMILES string of the molecule is CCOC(=O)c1nnc(SCC(=O)N2CCCCC2C)o1. The van der Waals surface area contributed by atoms with E-state index in [1.807, 2.05) is 4.90 Å². The number of amides is 1. The van der Waals surface area contributed by atoms with Gasteiger partial charge in [-0.1, -0.05) is 16.9 Å². The van der Waals surface area contributed by atoms with E-state index < -0.39 is 5.97 Å². The normalized spacial score (nSPS) is 18.6. The number of hydrogen-bond donors (Lipinski definition) is 0. The first kappa shape index (κ1) is 15.8. The lowest BCUT2D eigenvalue weighted by Crippen LogP contribution is -2.42. The fourth-order valence-electron chi connectivity index (χ4n) is 2.22. The van der Waals surface area contributed by atoms with Gasteiger partial charge in [0.1, 0.15) is 0 Å². The number of likely N-dealkylation sites (tertiary alicyclic amines) is 1. The largest absolute Gasteiger partial charge is 0.459 e. The summed E-state index contributed by atoms with van der Waals surface area (Å²) in [4.78, 5) is 25.4. The molecule has 1 aliphatic heterocycles. The Morgan fingerprint density at radius 3 is 2.95 bits per heavy atom. The lowest BCUT2D eigenvalue weighted by atomic mass is 10.0. The molecule has 1 saturated heterocycles. The third-order valence-corrected chi connectivity index (χ3v) is 4.10. The molecule has 0 aliphatic carbocycles. The molecule has 2 heterocycles. The summed E-state index contributed by atoms with van der Waals surface area (Å²) in [5.41, 5.74) is 0. The Morgan fingerprint density at radius 2 is 2.24 bits per heavy atom. The fraction of sp³-hybridized carbons (Fsp3) is 0.692. The van der Waals surface area contributed by atoms with E-state index >= 15 is 0 Å². The molecule has 1 amide bonds. The van der Waals surface area contributed by atoms with Crippen LogP contribution >= 0.6 is 11.8 Å². The van der Waals surface area contributed by atoms with E-state index in [0.717, 1.165) is 31.1 Å². The number of nitrogens with zero attached hydrogens (tertiary/aromatic N) is 3. The number of esters is 1. The van der Waals surface area contributed by atoms with Gasteiger partial charge in [0.25, 0.3) is 5.22 Å². The first-order chi connectivity index (χ1) is 10.1. The van der Waals surface area contributed by atoms with E-state index in [4.69, 9.17) is 9.15 Å². The van der Waals surface area contributed by atoms with Crippen molar-refractivity contribution in [1.29, 1.82) is 0 Å². The van der Waals surface area contributed by atoms with Crippen molar-refractivity contribution < 1.29 is 18.7 Å². The van der Waals surface area contributed by atoms with Crippen LogP contribution in [0.4, 0.5) is 0 Å². The van der Waals surface area contributed by atoms with Gasteiger partial charge >= 0.3 is 11.9 Å². The van der Waals surface area contributed by atoms with Crippen molar-refractivity contribution in [2.24, 2.45) is 0 Å². The monoisotopic (exact) mass is 313 g/mol. The third-order valence-electron chi connectivity index (χ3n) is 3.30. The molecular formula is C13H19N3O4S. The smallest absolute Gasteiger partial charge is 0.396 e. The molecule has 7 nitrogen and oxygen atoms in total. The molecular weight excluding hydrogens is 294 g/mol. The molecule has 0 aromatic carbocycles. The number of carbonyl (C=O) groups excluding carboxylic acids is 2. The Balaban J connectivity index is 1.85. The van der Waals surface area contributed by atoms with Crippen LogP contribution in [-0.4, -0.2) is 51.9 Å². The zero-order chi connectivity index (χ0) is 15.2. The molecule has 8 heteroatoms. The van der Waals surface area contributed by atoms with Crippen LogP contribution in [0.25, 0.3) is 0 Å². The van der Waals surface area contributed by atoms with E-state index in [-0.39, 0.29) is 35.4 Å². The van der Waals surface area contributed by atoms with Gasteiger partial charge in [-0.2, -0.15) is 0 Å². The number of ether oxygens (including phenoxy) is 1. The highest BCUT2D eigenvalue weighted by Crippen LogP contribution is 2.21. The number of piperidine rings is 1. The highest BCUT2D eigenvalue weighted by Gasteiger charge is 2.24. The minimum Gasteiger partial charge on any atom is -0.459 e. The summed E-state index contributed by atoms with van der Waals surface area (Å²) in [5.74, 6) is -0.538. The van der Waals surface area contributed by atoms with Crippen LogP contribution in [0, 0.1) is 0 Å². The Bertz CT molecular complexity index is 505. The average molecular weight is 313 g/mol. The van der Waals surface area contributed by atoms with Crippen LogP contribution in [0.3, 0.4) is 0 Å². The molecule has 1 fully saturated rings. The molecule has 0 radical (unpaired) electrons. The van der Waals surface area contributed by atoms with Crippen LogP contribution < -0.4 is 0 Å². The van der Waals surface area contributed by atoms with Crippen LogP contribution in [-0.2, 0) is 9.53 Å². The molecule has 0 bridgehead atoms. The minimum absolute atomic E-state index is 0.0584. The molecule has 0 N–H and O–H groups in total. The molecule has 1 aliphatic rings. The lowest BCUT2D eigenvalue weighted by molar-refractivity contribution is -0.131. The predicted octanol–water partition coefficient (Wildman–Crippen LogP) is 1.74. The number of carbonyl (C=O) groups is 2. The summed E-state index contributed by atoms with van der Waals surface area (Å²) in [6, 6.07) is 0.282. The fourth-order valence-corrected chi connectivity index (χ4v) is 2.87. The van der Waals surface area contributed by atoms with Gasteiger partial charge < -0.3 is 14.1 Å². The van der Waals surface area contributed by atoms with Crippen molar-refractivity contribution in [2.45, 2.75) is 44.4 Å². The van der Waals surface area contributed by atoms with Gasteiger partial charge in [-0.15, -0.1) is 5.10 Å². The van der Waals surface area contributed by atoms with E-state index in [9.17, 15) is 9.59 Å². The van der Waals surface area contributed by atoms with Gasteiger partial charge in [0.05, 0.1) is 12.4 Å². The van der Waals surface area contributed by atoms with Crippen molar-refractivity contribution in [3.05, 3.63) is 5.89 Å². The number of thioether (sulfide) groups is 1. The molecule has 2 rings (SSSR count). The Labute approximate surface area is 127 Å². The van der Waals surface area contributed by atoms with Crippen LogP contribution in [0.15, 0.2) is 9.64 Å². The van der Waals surface area contributed by atoms with Gasteiger partial charge in [0.15, 0.2) is 0 Å². The third kappa shape index (κ3) is 4.20. The Kier molecular flexibility index (Phi) is 5.60. The predicted molar refractivity (Wildman–Crippen MR) is 76.0 cm³/mol. The molecule has 21 heavy (non-hydrogen) atoms. The van der Waals surface area contributed by atoms with Gasteiger partial charge in [0.2, 0.25) is 5.91 Å². The number of aromatic nitrogens is 2. The Hall–Kier alpha value is -1.57. The average Bonchev–Trinajstić information content (AvgIpc) is 2.94. The molecule has 116 valence electrons. The zero-order valence-electron chi connectivity index (χ0n) is 12.2. The van der Waals surface area contributed by atoms with Gasteiger partial charge in [-0.05, 0) is 33.1 Å². The second kappa shape index (κ2) is 7.44. The van der Waals surface area contributed by atoms with E-state index in [1.165, 1.54) is 6.42 Å². The van der Waals surface area contributed by atoms with E-state index in [0.29, 0.717) is 0 Å². The molecule has 1 aromatic rings. The zero-order valence-corrected chi connectivity index (χ0v) is 13.0.